The van der Waals surface area contributed by atoms with Gasteiger partial charge in [0.05, 0.1) is 11.9 Å². The summed E-state index contributed by atoms with van der Waals surface area (Å²) in [5.74, 6) is 0. The molecule has 2 rings (SSSR count). The fraction of sp³-hybridized carbons (Fsp3) is 0.308. The molecule has 0 saturated heterocycles. The van der Waals surface area contributed by atoms with E-state index in [4.69, 9.17) is 0 Å². The first-order chi connectivity index (χ1) is 8.26. The van der Waals surface area contributed by atoms with Crippen LogP contribution >= 0.6 is 15.9 Å². The third kappa shape index (κ3) is 2.58. The molecule has 0 radical (unpaired) electrons. The Balaban J connectivity index is 2.45. The minimum absolute atomic E-state index is 0.858. The van der Waals surface area contributed by atoms with Gasteiger partial charge in [0.25, 0.3) is 0 Å². The van der Waals surface area contributed by atoms with Gasteiger partial charge in [0, 0.05) is 22.3 Å². The first-order valence-corrected chi connectivity index (χ1v) is 6.52. The summed E-state index contributed by atoms with van der Waals surface area (Å²) in [7, 11) is 1.95. The lowest BCUT2D eigenvalue weighted by Gasteiger charge is -2.08. The van der Waals surface area contributed by atoms with E-state index in [0.717, 1.165) is 23.1 Å². The van der Waals surface area contributed by atoms with Crippen LogP contribution in [0.3, 0.4) is 0 Å². The Bertz CT molecular complexity index is 505. The van der Waals surface area contributed by atoms with E-state index in [-0.39, 0.29) is 0 Å². The zero-order valence-electron chi connectivity index (χ0n) is 10.1. The van der Waals surface area contributed by atoms with Gasteiger partial charge in [-0.3, -0.25) is 0 Å². The largest absolute Gasteiger partial charge is 0.316 e. The van der Waals surface area contributed by atoms with Crippen LogP contribution in [0.1, 0.15) is 18.2 Å². The van der Waals surface area contributed by atoms with Gasteiger partial charge in [0.2, 0.25) is 0 Å². The molecule has 3 nitrogen and oxygen atoms in total. The zero-order chi connectivity index (χ0) is 12.3. The molecule has 1 aromatic carbocycles. The van der Waals surface area contributed by atoms with Crippen molar-refractivity contribution in [3.63, 3.8) is 0 Å². The molecule has 90 valence electrons. The van der Waals surface area contributed by atoms with Crippen LogP contribution in [0, 0.1) is 0 Å². The van der Waals surface area contributed by atoms with E-state index in [1.807, 2.05) is 30.1 Å². The molecule has 4 heteroatoms. The molecule has 0 aliphatic carbocycles. The number of hydrogen-bond acceptors (Lipinski definition) is 2. The molecule has 0 amide bonds. The van der Waals surface area contributed by atoms with E-state index in [1.54, 1.807) is 0 Å². The highest BCUT2D eigenvalue weighted by Crippen LogP contribution is 2.19. The van der Waals surface area contributed by atoms with Crippen molar-refractivity contribution in [2.45, 2.75) is 19.9 Å². The lowest BCUT2D eigenvalue weighted by atomic mass is 10.2. The molecular formula is C13H16BrN3. The van der Waals surface area contributed by atoms with Gasteiger partial charge in [-0.25, -0.2) is 4.68 Å². The smallest absolute Gasteiger partial charge is 0.0660 e. The lowest BCUT2D eigenvalue weighted by Crippen LogP contribution is -2.08. The topological polar surface area (TPSA) is 29.9 Å². The van der Waals surface area contributed by atoms with Gasteiger partial charge >= 0.3 is 0 Å². The monoisotopic (exact) mass is 293 g/mol. The molecule has 0 aliphatic heterocycles. The van der Waals surface area contributed by atoms with E-state index in [0.29, 0.717) is 0 Å². The summed E-state index contributed by atoms with van der Waals surface area (Å²) in [5, 5.41) is 7.65. The van der Waals surface area contributed by atoms with Crippen molar-refractivity contribution in [1.29, 1.82) is 0 Å². The van der Waals surface area contributed by atoms with E-state index >= 15 is 0 Å². The van der Waals surface area contributed by atoms with Gasteiger partial charge in [-0.2, -0.15) is 5.10 Å². The molecule has 1 aromatic heterocycles. The third-order valence-corrected chi connectivity index (χ3v) is 3.20. The maximum atomic E-state index is 4.47. The van der Waals surface area contributed by atoms with E-state index in [9.17, 15) is 0 Å². The number of benzene rings is 1. The molecule has 0 spiro atoms. The summed E-state index contributed by atoms with van der Waals surface area (Å²) in [5.41, 5.74) is 3.62. The molecule has 0 bridgehead atoms. The van der Waals surface area contributed by atoms with Crippen LogP contribution in [-0.2, 0) is 13.0 Å². The standard InChI is InChI=1S/C13H16BrN3/c1-3-13-10(8-15-2)9-16-17(13)12-6-4-5-11(14)7-12/h4-7,9,15H,3,8H2,1-2H3. The van der Waals surface area contributed by atoms with Gasteiger partial charge in [0.1, 0.15) is 0 Å². The Morgan fingerprint density at radius 2 is 2.24 bits per heavy atom. The molecule has 0 saturated carbocycles. The summed E-state index contributed by atoms with van der Waals surface area (Å²) >= 11 is 3.49. The van der Waals surface area contributed by atoms with Crippen LogP contribution in [0.4, 0.5) is 0 Å². The second kappa shape index (κ2) is 5.47. The highest BCUT2D eigenvalue weighted by atomic mass is 79.9. The molecule has 0 unspecified atom stereocenters. The van der Waals surface area contributed by atoms with Gasteiger partial charge in [0.15, 0.2) is 0 Å². The molecule has 0 atom stereocenters. The van der Waals surface area contributed by atoms with Crippen molar-refractivity contribution >= 4 is 15.9 Å². The number of nitrogens with one attached hydrogen (secondary N) is 1. The molecule has 0 aliphatic rings. The normalized spacial score (nSPS) is 10.8. The van der Waals surface area contributed by atoms with Crippen molar-refractivity contribution in [1.82, 2.24) is 15.1 Å². The van der Waals surface area contributed by atoms with Crippen molar-refractivity contribution in [2.24, 2.45) is 0 Å². The van der Waals surface area contributed by atoms with Gasteiger partial charge < -0.3 is 5.32 Å². The second-order valence-corrected chi connectivity index (χ2v) is 4.81. The number of nitrogens with zero attached hydrogens (tertiary/aromatic N) is 2. The minimum Gasteiger partial charge on any atom is -0.316 e. The quantitative estimate of drug-likeness (QED) is 0.939. The fourth-order valence-corrected chi connectivity index (χ4v) is 2.34. The average molecular weight is 294 g/mol. The summed E-state index contributed by atoms with van der Waals surface area (Å²) in [6, 6.07) is 8.20. The predicted octanol–water partition coefficient (Wildman–Crippen LogP) is 2.92. The Hall–Kier alpha value is -1.13. The highest BCUT2D eigenvalue weighted by Gasteiger charge is 2.09. The van der Waals surface area contributed by atoms with Crippen LogP contribution in [0.5, 0.6) is 0 Å². The Morgan fingerprint density at radius 1 is 1.41 bits per heavy atom. The van der Waals surface area contributed by atoms with E-state index in [2.05, 4.69) is 45.4 Å². The van der Waals surface area contributed by atoms with Crippen LogP contribution in [0.25, 0.3) is 5.69 Å². The molecule has 0 fully saturated rings. The second-order valence-electron chi connectivity index (χ2n) is 3.89. The number of aromatic nitrogens is 2. The van der Waals surface area contributed by atoms with E-state index in [1.165, 1.54) is 11.3 Å². The fourth-order valence-electron chi connectivity index (χ4n) is 1.95. The van der Waals surface area contributed by atoms with Crippen LogP contribution < -0.4 is 5.32 Å². The summed E-state index contributed by atoms with van der Waals surface area (Å²) in [4.78, 5) is 0. The SMILES string of the molecule is CCc1c(CNC)cnn1-c1cccc(Br)c1. The van der Waals surface area contributed by atoms with Crippen LogP contribution in [-0.4, -0.2) is 16.8 Å². The molecule has 17 heavy (non-hydrogen) atoms. The Kier molecular flexibility index (Phi) is 3.97. The van der Waals surface area contributed by atoms with Crippen molar-refractivity contribution in [3.05, 3.63) is 46.2 Å². The molecular weight excluding hydrogens is 278 g/mol. The summed E-state index contributed by atoms with van der Waals surface area (Å²) < 4.78 is 3.08. The number of halogens is 1. The Morgan fingerprint density at radius 3 is 2.88 bits per heavy atom. The van der Waals surface area contributed by atoms with E-state index < -0.39 is 0 Å². The number of rotatable bonds is 4. The number of hydrogen-bond donors (Lipinski definition) is 1. The summed E-state index contributed by atoms with van der Waals surface area (Å²) in [6.45, 7) is 3.02. The van der Waals surface area contributed by atoms with Crippen molar-refractivity contribution in [2.75, 3.05) is 7.05 Å². The zero-order valence-corrected chi connectivity index (χ0v) is 11.7. The van der Waals surface area contributed by atoms with Gasteiger partial charge in [-0.05, 0) is 31.7 Å². The predicted molar refractivity (Wildman–Crippen MR) is 73.4 cm³/mol. The Labute approximate surface area is 110 Å². The summed E-state index contributed by atoms with van der Waals surface area (Å²) in [6.07, 6.45) is 2.92. The molecule has 1 heterocycles. The maximum Gasteiger partial charge on any atom is 0.0660 e. The van der Waals surface area contributed by atoms with Crippen LogP contribution in [0.2, 0.25) is 0 Å². The maximum absolute atomic E-state index is 4.47. The lowest BCUT2D eigenvalue weighted by molar-refractivity contribution is 0.779. The highest BCUT2D eigenvalue weighted by molar-refractivity contribution is 9.10. The van der Waals surface area contributed by atoms with Gasteiger partial charge in [-0.15, -0.1) is 0 Å². The molecule has 2 aromatic rings. The molecule has 1 N–H and O–H groups in total. The first-order valence-electron chi connectivity index (χ1n) is 5.72. The van der Waals surface area contributed by atoms with Crippen molar-refractivity contribution in [3.8, 4) is 5.69 Å². The first kappa shape index (κ1) is 12.3. The van der Waals surface area contributed by atoms with Crippen molar-refractivity contribution < 1.29 is 0 Å². The van der Waals surface area contributed by atoms with Crippen LogP contribution in [0.15, 0.2) is 34.9 Å². The minimum atomic E-state index is 0.858. The third-order valence-electron chi connectivity index (χ3n) is 2.71. The van der Waals surface area contributed by atoms with Gasteiger partial charge in [-0.1, -0.05) is 28.9 Å². The average Bonchev–Trinajstić information content (AvgIpc) is 2.72.